The molecule has 0 unspecified atom stereocenters. The van der Waals surface area contributed by atoms with Crippen molar-refractivity contribution in [3.63, 3.8) is 0 Å². The van der Waals surface area contributed by atoms with Crippen molar-refractivity contribution in [2.24, 2.45) is 0 Å². The molecule has 0 saturated carbocycles. The monoisotopic (exact) mass is 314 g/mol. The summed E-state index contributed by atoms with van der Waals surface area (Å²) in [5, 5.41) is 3.64. The van der Waals surface area contributed by atoms with Gasteiger partial charge < -0.3 is 10.2 Å². The van der Waals surface area contributed by atoms with Crippen molar-refractivity contribution >= 4 is 23.2 Å². The number of rotatable bonds is 4. The van der Waals surface area contributed by atoms with E-state index in [0.29, 0.717) is 24.2 Å². The lowest BCUT2D eigenvalue weighted by Crippen LogP contribution is -2.39. The number of hydrogen-bond acceptors (Lipinski definition) is 2. The molecule has 1 N–H and O–H groups in total. The highest BCUT2D eigenvalue weighted by atomic mass is 35.5. The van der Waals surface area contributed by atoms with Gasteiger partial charge in [-0.05, 0) is 36.6 Å². The Balaban J connectivity index is 1.62. The quantitative estimate of drug-likeness (QED) is 0.938. The summed E-state index contributed by atoms with van der Waals surface area (Å²) in [6.45, 7) is 2.99. The van der Waals surface area contributed by atoms with E-state index in [-0.39, 0.29) is 5.91 Å². The van der Waals surface area contributed by atoms with Gasteiger partial charge >= 0.3 is 0 Å². The van der Waals surface area contributed by atoms with E-state index >= 15 is 0 Å². The molecule has 1 atom stereocenters. The van der Waals surface area contributed by atoms with Crippen LogP contribution in [0.4, 0.5) is 5.69 Å². The van der Waals surface area contributed by atoms with Crippen molar-refractivity contribution in [3.05, 3.63) is 64.7 Å². The number of amides is 1. The molecule has 1 heterocycles. The normalized spacial score (nSPS) is 16.5. The third-order valence-electron chi connectivity index (χ3n) is 4.10. The zero-order chi connectivity index (χ0) is 15.5. The fraction of sp³-hybridized carbons (Fsp3) is 0.278. The SMILES string of the molecule is C[C@H]1Cc2ccccc2N1CC(=O)NCc1ccccc1Cl. The number of nitrogens with one attached hydrogen (secondary N) is 1. The first-order valence-electron chi connectivity index (χ1n) is 7.50. The van der Waals surface area contributed by atoms with Crippen molar-refractivity contribution in [3.8, 4) is 0 Å². The molecule has 0 fully saturated rings. The van der Waals surface area contributed by atoms with Gasteiger partial charge in [-0.1, -0.05) is 48.0 Å². The number of hydrogen-bond donors (Lipinski definition) is 1. The third kappa shape index (κ3) is 3.09. The minimum absolute atomic E-state index is 0.0171. The van der Waals surface area contributed by atoms with Crippen LogP contribution < -0.4 is 10.2 Å². The molecule has 0 spiro atoms. The molecule has 0 aromatic heterocycles. The van der Waals surface area contributed by atoms with E-state index in [2.05, 4.69) is 29.3 Å². The summed E-state index contributed by atoms with van der Waals surface area (Å²) in [6.07, 6.45) is 0.994. The summed E-state index contributed by atoms with van der Waals surface area (Å²) in [4.78, 5) is 14.4. The number of nitrogens with zero attached hydrogens (tertiary/aromatic N) is 1. The molecule has 2 aromatic rings. The van der Waals surface area contributed by atoms with Gasteiger partial charge in [0.05, 0.1) is 6.54 Å². The van der Waals surface area contributed by atoms with Crippen LogP contribution in [0.25, 0.3) is 0 Å². The summed E-state index contributed by atoms with van der Waals surface area (Å²) in [7, 11) is 0. The summed E-state index contributed by atoms with van der Waals surface area (Å²) < 4.78 is 0. The molecule has 0 aliphatic carbocycles. The lowest BCUT2D eigenvalue weighted by molar-refractivity contribution is -0.120. The molecular weight excluding hydrogens is 296 g/mol. The smallest absolute Gasteiger partial charge is 0.239 e. The molecular formula is C18H19ClN2O. The molecule has 1 aliphatic heterocycles. The van der Waals surface area contributed by atoms with Crippen LogP contribution in [0, 0.1) is 0 Å². The highest BCUT2D eigenvalue weighted by Gasteiger charge is 2.26. The van der Waals surface area contributed by atoms with E-state index in [1.54, 1.807) is 0 Å². The first kappa shape index (κ1) is 14.9. The van der Waals surface area contributed by atoms with Gasteiger partial charge in [0.25, 0.3) is 0 Å². The second kappa shape index (κ2) is 6.41. The Kier molecular flexibility index (Phi) is 4.34. The highest BCUT2D eigenvalue weighted by molar-refractivity contribution is 6.31. The van der Waals surface area contributed by atoms with Crippen LogP contribution in [0.15, 0.2) is 48.5 Å². The van der Waals surface area contributed by atoms with Gasteiger partial charge in [0.1, 0.15) is 0 Å². The lowest BCUT2D eigenvalue weighted by atomic mass is 10.1. The molecule has 22 heavy (non-hydrogen) atoms. The predicted octanol–water partition coefficient (Wildman–Crippen LogP) is 3.41. The van der Waals surface area contributed by atoms with Crippen molar-refractivity contribution < 1.29 is 4.79 Å². The zero-order valence-electron chi connectivity index (χ0n) is 12.6. The molecule has 3 nitrogen and oxygen atoms in total. The maximum absolute atomic E-state index is 12.2. The van der Waals surface area contributed by atoms with Crippen LogP contribution in [0.2, 0.25) is 5.02 Å². The van der Waals surface area contributed by atoms with Gasteiger partial charge in [-0.2, -0.15) is 0 Å². The Bertz CT molecular complexity index is 686. The topological polar surface area (TPSA) is 32.3 Å². The first-order chi connectivity index (χ1) is 10.6. The number of benzene rings is 2. The van der Waals surface area contributed by atoms with E-state index in [9.17, 15) is 4.79 Å². The molecule has 0 radical (unpaired) electrons. The highest BCUT2D eigenvalue weighted by Crippen LogP contribution is 2.31. The Morgan fingerprint density at radius 3 is 2.77 bits per heavy atom. The summed E-state index contributed by atoms with van der Waals surface area (Å²) >= 11 is 6.11. The van der Waals surface area contributed by atoms with Crippen molar-refractivity contribution in [2.45, 2.75) is 25.9 Å². The van der Waals surface area contributed by atoms with Crippen LogP contribution in [-0.2, 0) is 17.8 Å². The van der Waals surface area contributed by atoms with Gasteiger partial charge in [0, 0.05) is 23.3 Å². The van der Waals surface area contributed by atoms with E-state index in [1.165, 1.54) is 11.3 Å². The second-order valence-electron chi connectivity index (χ2n) is 5.68. The molecule has 0 bridgehead atoms. The van der Waals surface area contributed by atoms with Crippen LogP contribution in [0.1, 0.15) is 18.1 Å². The standard InChI is InChI=1S/C18H19ClN2O/c1-13-10-14-6-3-5-9-17(14)21(13)12-18(22)20-11-15-7-2-4-8-16(15)19/h2-9,13H,10-12H2,1H3,(H,20,22)/t13-/m0/s1. The zero-order valence-corrected chi connectivity index (χ0v) is 13.3. The van der Waals surface area contributed by atoms with Crippen LogP contribution in [0.3, 0.4) is 0 Å². The average molecular weight is 315 g/mol. The van der Waals surface area contributed by atoms with E-state index < -0.39 is 0 Å². The molecule has 1 aliphatic rings. The van der Waals surface area contributed by atoms with Crippen LogP contribution in [0.5, 0.6) is 0 Å². The number of carbonyl (C=O) groups excluding carboxylic acids is 1. The van der Waals surface area contributed by atoms with Gasteiger partial charge in [0.15, 0.2) is 0 Å². The van der Waals surface area contributed by atoms with Gasteiger partial charge in [0.2, 0.25) is 5.91 Å². The van der Waals surface area contributed by atoms with Crippen molar-refractivity contribution in [2.75, 3.05) is 11.4 Å². The molecule has 3 rings (SSSR count). The number of carbonyl (C=O) groups is 1. The molecule has 114 valence electrons. The Morgan fingerprint density at radius 2 is 1.95 bits per heavy atom. The maximum atomic E-state index is 12.2. The molecule has 4 heteroatoms. The van der Waals surface area contributed by atoms with Crippen LogP contribution in [-0.4, -0.2) is 18.5 Å². The maximum Gasteiger partial charge on any atom is 0.239 e. The largest absolute Gasteiger partial charge is 0.359 e. The molecule has 1 amide bonds. The Morgan fingerprint density at radius 1 is 1.23 bits per heavy atom. The van der Waals surface area contributed by atoms with Gasteiger partial charge in [-0.3, -0.25) is 4.79 Å². The fourth-order valence-electron chi connectivity index (χ4n) is 2.92. The molecule has 2 aromatic carbocycles. The summed E-state index contributed by atoms with van der Waals surface area (Å²) in [6, 6.07) is 16.2. The number of anilines is 1. The van der Waals surface area contributed by atoms with E-state index in [4.69, 9.17) is 11.6 Å². The molecule has 0 saturated heterocycles. The lowest BCUT2D eigenvalue weighted by Gasteiger charge is -2.24. The second-order valence-corrected chi connectivity index (χ2v) is 6.09. The minimum Gasteiger partial charge on any atom is -0.359 e. The minimum atomic E-state index is 0.0171. The predicted molar refractivity (Wildman–Crippen MR) is 90.3 cm³/mol. The summed E-state index contributed by atoms with van der Waals surface area (Å²) in [5.41, 5.74) is 3.42. The summed E-state index contributed by atoms with van der Waals surface area (Å²) in [5.74, 6) is 0.0171. The van der Waals surface area contributed by atoms with Gasteiger partial charge in [-0.15, -0.1) is 0 Å². The number of fused-ring (bicyclic) bond motifs is 1. The van der Waals surface area contributed by atoms with Crippen LogP contribution >= 0.6 is 11.6 Å². The fourth-order valence-corrected chi connectivity index (χ4v) is 3.12. The van der Waals surface area contributed by atoms with E-state index in [0.717, 1.165) is 12.0 Å². The average Bonchev–Trinajstić information content (AvgIpc) is 2.83. The third-order valence-corrected chi connectivity index (χ3v) is 4.46. The Labute approximate surface area is 135 Å². The Hall–Kier alpha value is -2.00. The first-order valence-corrected chi connectivity index (χ1v) is 7.87. The number of para-hydroxylation sites is 1. The van der Waals surface area contributed by atoms with Gasteiger partial charge in [-0.25, -0.2) is 0 Å². The number of halogens is 1. The van der Waals surface area contributed by atoms with E-state index in [1.807, 2.05) is 36.4 Å². The van der Waals surface area contributed by atoms with Crippen molar-refractivity contribution in [1.82, 2.24) is 5.32 Å². The van der Waals surface area contributed by atoms with Crippen molar-refractivity contribution in [1.29, 1.82) is 0 Å².